The van der Waals surface area contributed by atoms with Gasteiger partial charge in [0.1, 0.15) is 5.82 Å². The second-order valence-corrected chi connectivity index (χ2v) is 4.81. The summed E-state index contributed by atoms with van der Waals surface area (Å²) in [6.45, 7) is 1.78. The molecule has 3 rings (SSSR count). The van der Waals surface area contributed by atoms with Crippen LogP contribution in [0.2, 0.25) is 0 Å². The van der Waals surface area contributed by atoms with Crippen molar-refractivity contribution in [2.75, 3.05) is 5.43 Å². The molecule has 0 atom stereocenters. The minimum Gasteiger partial charge on any atom is -0.435 e. The van der Waals surface area contributed by atoms with E-state index in [1.54, 1.807) is 25.1 Å². The van der Waals surface area contributed by atoms with Crippen molar-refractivity contribution in [2.45, 2.75) is 25.7 Å². The van der Waals surface area contributed by atoms with Crippen LogP contribution in [0.5, 0.6) is 11.6 Å². The Kier molecular flexibility index (Phi) is 3.23. The molecule has 0 spiro atoms. The molecule has 20 heavy (non-hydrogen) atoms. The van der Waals surface area contributed by atoms with Crippen LogP contribution >= 0.6 is 0 Å². The summed E-state index contributed by atoms with van der Waals surface area (Å²) in [5.41, 5.74) is 3.19. The molecule has 0 amide bonds. The van der Waals surface area contributed by atoms with Gasteiger partial charge in [-0.15, -0.1) is 0 Å². The smallest absolute Gasteiger partial charge is 0.227 e. The molecule has 0 radical (unpaired) electrons. The molecular weight excluding hydrogens is 259 g/mol. The van der Waals surface area contributed by atoms with E-state index in [2.05, 4.69) is 15.4 Å². The Bertz CT molecular complexity index is 643. The lowest BCUT2D eigenvalue weighted by molar-refractivity contribution is 0.421. The maximum Gasteiger partial charge on any atom is 0.227 e. The molecule has 1 aliphatic rings. The molecule has 1 aliphatic carbocycles. The molecule has 1 heterocycles. The Morgan fingerprint density at radius 1 is 1.30 bits per heavy atom. The quantitative estimate of drug-likeness (QED) is 0.662. The predicted octanol–water partition coefficient (Wildman–Crippen LogP) is 2.88. The summed E-state index contributed by atoms with van der Waals surface area (Å²) in [4.78, 5) is 8.74. The molecule has 0 unspecified atom stereocenters. The van der Waals surface area contributed by atoms with Gasteiger partial charge in [0.05, 0.1) is 5.56 Å². The van der Waals surface area contributed by atoms with Crippen molar-refractivity contribution in [3.8, 4) is 11.6 Å². The van der Waals surface area contributed by atoms with Crippen LogP contribution in [0.3, 0.4) is 0 Å². The lowest BCUT2D eigenvalue weighted by Gasteiger charge is -2.12. The minimum atomic E-state index is -0.430. The number of hydrazine groups is 1. The van der Waals surface area contributed by atoms with E-state index < -0.39 is 5.82 Å². The van der Waals surface area contributed by atoms with Gasteiger partial charge in [-0.1, -0.05) is 12.1 Å². The van der Waals surface area contributed by atoms with Gasteiger partial charge in [0.25, 0.3) is 0 Å². The number of rotatable bonds is 4. The zero-order chi connectivity index (χ0) is 14.1. The maximum absolute atomic E-state index is 13.7. The van der Waals surface area contributed by atoms with Crippen molar-refractivity contribution in [1.82, 2.24) is 9.97 Å². The molecule has 0 saturated heterocycles. The second kappa shape index (κ2) is 5.05. The van der Waals surface area contributed by atoms with Gasteiger partial charge in [-0.05, 0) is 31.9 Å². The fourth-order valence-electron chi connectivity index (χ4n) is 1.91. The van der Waals surface area contributed by atoms with Crippen LogP contribution in [-0.2, 0) is 0 Å². The van der Waals surface area contributed by atoms with Crippen LogP contribution in [0.4, 0.5) is 10.2 Å². The average molecular weight is 274 g/mol. The lowest BCUT2D eigenvalue weighted by atomic mass is 10.3. The summed E-state index contributed by atoms with van der Waals surface area (Å²) < 4.78 is 19.2. The van der Waals surface area contributed by atoms with Crippen molar-refractivity contribution in [1.29, 1.82) is 0 Å². The highest BCUT2D eigenvalue weighted by atomic mass is 19.1. The zero-order valence-electron chi connectivity index (χ0n) is 11.1. The highest BCUT2D eigenvalue weighted by Crippen LogP contribution is 2.40. The van der Waals surface area contributed by atoms with Gasteiger partial charge in [-0.2, -0.15) is 4.98 Å². The molecule has 0 bridgehead atoms. The van der Waals surface area contributed by atoms with Gasteiger partial charge in [0.15, 0.2) is 17.4 Å². The fourth-order valence-corrected chi connectivity index (χ4v) is 1.91. The van der Waals surface area contributed by atoms with Gasteiger partial charge in [0, 0.05) is 5.92 Å². The minimum absolute atomic E-state index is 0.138. The third-order valence-corrected chi connectivity index (χ3v) is 3.24. The van der Waals surface area contributed by atoms with E-state index in [0.717, 1.165) is 12.8 Å². The third-order valence-electron chi connectivity index (χ3n) is 3.24. The Morgan fingerprint density at radius 2 is 2.05 bits per heavy atom. The second-order valence-electron chi connectivity index (χ2n) is 4.81. The van der Waals surface area contributed by atoms with Crippen molar-refractivity contribution >= 4 is 5.82 Å². The topological polar surface area (TPSA) is 73.1 Å². The summed E-state index contributed by atoms with van der Waals surface area (Å²) in [7, 11) is 0. The first-order valence-electron chi connectivity index (χ1n) is 6.46. The molecule has 0 aliphatic heterocycles. The van der Waals surface area contributed by atoms with Gasteiger partial charge >= 0.3 is 0 Å². The van der Waals surface area contributed by atoms with Crippen LogP contribution in [0, 0.1) is 12.7 Å². The van der Waals surface area contributed by atoms with E-state index in [9.17, 15) is 4.39 Å². The largest absolute Gasteiger partial charge is 0.435 e. The Labute approximate surface area is 116 Å². The van der Waals surface area contributed by atoms with Crippen molar-refractivity contribution < 1.29 is 9.13 Å². The van der Waals surface area contributed by atoms with Gasteiger partial charge in [-0.3, -0.25) is 0 Å². The first-order valence-corrected chi connectivity index (χ1v) is 6.46. The molecule has 1 fully saturated rings. The summed E-state index contributed by atoms with van der Waals surface area (Å²) >= 11 is 0. The van der Waals surface area contributed by atoms with Crippen LogP contribution in [-0.4, -0.2) is 9.97 Å². The van der Waals surface area contributed by atoms with Crippen LogP contribution in [0.25, 0.3) is 0 Å². The molecule has 3 N–H and O–H groups in total. The molecule has 5 nitrogen and oxygen atoms in total. The van der Waals surface area contributed by atoms with E-state index in [1.807, 2.05) is 0 Å². The Balaban J connectivity index is 1.99. The molecule has 2 aromatic rings. The number of halogens is 1. The van der Waals surface area contributed by atoms with Crippen molar-refractivity contribution in [2.24, 2.45) is 5.84 Å². The van der Waals surface area contributed by atoms with Gasteiger partial charge in [0.2, 0.25) is 5.88 Å². The first kappa shape index (κ1) is 12.8. The predicted molar refractivity (Wildman–Crippen MR) is 73.0 cm³/mol. The van der Waals surface area contributed by atoms with Crippen LogP contribution in [0.1, 0.15) is 30.1 Å². The maximum atomic E-state index is 13.7. The van der Waals surface area contributed by atoms with Crippen molar-refractivity contribution in [3.05, 3.63) is 41.5 Å². The summed E-state index contributed by atoms with van der Waals surface area (Å²) in [6.07, 6.45) is 2.12. The number of aromatic nitrogens is 2. The zero-order valence-corrected chi connectivity index (χ0v) is 11.1. The number of nitrogen functional groups attached to an aromatic ring is 1. The number of nitrogens with two attached hydrogens (primary N) is 1. The van der Waals surface area contributed by atoms with E-state index in [-0.39, 0.29) is 5.75 Å². The number of nitrogens with zero attached hydrogens (tertiary/aromatic N) is 2. The van der Waals surface area contributed by atoms with E-state index >= 15 is 0 Å². The first-order chi connectivity index (χ1) is 9.69. The number of anilines is 1. The van der Waals surface area contributed by atoms with Gasteiger partial charge < -0.3 is 10.2 Å². The Hall–Kier alpha value is -2.21. The molecule has 6 heteroatoms. The summed E-state index contributed by atoms with van der Waals surface area (Å²) in [5, 5.41) is 0. The average Bonchev–Trinajstić information content (AvgIpc) is 3.28. The highest BCUT2D eigenvalue weighted by Gasteiger charge is 2.28. The number of benzene rings is 1. The third kappa shape index (κ3) is 2.42. The number of ether oxygens (including phenoxy) is 1. The number of hydrogen-bond donors (Lipinski definition) is 2. The molecule has 104 valence electrons. The molecular formula is C14H15FN4O. The van der Waals surface area contributed by atoms with E-state index in [0.29, 0.717) is 29.0 Å². The van der Waals surface area contributed by atoms with Crippen LogP contribution < -0.4 is 16.0 Å². The number of para-hydroxylation sites is 1. The highest BCUT2D eigenvalue weighted by molar-refractivity contribution is 5.49. The molecule has 1 aromatic heterocycles. The number of hydrogen-bond acceptors (Lipinski definition) is 5. The van der Waals surface area contributed by atoms with Gasteiger partial charge in [-0.25, -0.2) is 15.2 Å². The number of nitrogens with one attached hydrogen (secondary N) is 1. The van der Waals surface area contributed by atoms with Crippen molar-refractivity contribution in [3.63, 3.8) is 0 Å². The standard InChI is InChI=1S/C14H15FN4O/c1-8-12(19-16)17-13(9-6-7-9)18-14(8)20-11-5-3-2-4-10(11)15/h2-5,9H,6-7,16H2,1H3,(H,17,18,19). The molecule has 1 aromatic carbocycles. The normalized spacial score (nSPS) is 14.2. The van der Waals surface area contributed by atoms with E-state index in [1.165, 1.54) is 6.07 Å². The SMILES string of the molecule is Cc1c(NN)nc(C2CC2)nc1Oc1ccccc1F. The molecule has 1 saturated carbocycles. The van der Waals surface area contributed by atoms with Crippen LogP contribution in [0.15, 0.2) is 24.3 Å². The summed E-state index contributed by atoms with van der Waals surface area (Å²) in [6, 6.07) is 6.22. The lowest BCUT2D eigenvalue weighted by Crippen LogP contribution is -2.13. The fraction of sp³-hybridized carbons (Fsp3) is 0.286. The van der Waals surface area contributed by atoms with E-state index in [4.69, 9.17) is 10.6 Å². The Morgan fingerprint density at radius 3 is 2.70 bits per heavy atom. The monoisotopic (exact) mass is 274 g/mol. The summed E-state index contributed by atoms with van der Waals surface area (Å²) in [5.74, 6) is 7.05.